The van der Waals surface area contributed by atoms with E-state index in [1.54, 1.807) is 13.1 Å². The van der Waals surface area contributed by atoms with Crippen molar-refractivity contribution in [2.45, 2.75) is 45.1 Å². The molecule has 2 amide bonds. The Morgan fingerprint density at radius 3 is 2.42 bits per heavy atom. The van der Waals surface area contributed by atoms with Gasteiger partial charge in [0.05, 0.1) is 5.54 Å². The minimum atomic E-state index is -1.06. The molecule has 3 saturated carbocycles. The van der Waals surface area contributed by atoms with Gasteiger partial charge in [0.1, 0.15) is 11.2 Å². The van der Waals surface area contributed by atoms with E-state index in [1.165, 1.54) is 5.69 Å². The lowest BCUT2D eigenvalue weighted by molar-refractivity contribution is -0.142. The summed E-state index contributed by atoms with van der Waals surface area (Å²) in [5.74, 6) is 1.43. The smallest absolute Gasteiger partial charge is 0.244 e. The lowest BCUT2D eigenvalue weighted by Gasteiger charge is -2.66. The summed E-state index contributed by atoms with van der Waals surface area (Å²) in [6.07, 6.45) is 5.23. The van der Waals surface area contributed by atoms with E-state index in [2.05, 4.69) is 44.6 Å². The predicted octanol–water partition coefficient (Wildman–Crippen LogP) is 2.69. The zero-order valence-electron chi connectivity index (χ0n) is 21.4. The molecular formula is C27H35N7O2. The van der Waals surface area contributed by atoms with E-state index >= 15 is 0 Å². The van der Waals surface area contributed by atoms with E-state index in [0.717, 1.165) is 56.7 Å². The van der Waals surface area contributed by atoms with Crippen molar-refractivity contribution in [3.8, 4) is 0 Å². The lowest BCUT2D eigenvalue weighted by Crippen LogP contribution is -2.72. The summed E-state index contributed by atoms with van der Waals surface area (Å²) in [5.41, 5.74) is 1.68. The molecule has 2 bridgehead atoms. The van der Waals surface area contributed by atoms with Gasteiger partial charge in [0.25, 0.3) is 0 Å². The van der Waals surface area contributed by atoms with Crippen molar-refractivity contribution < 1.29 is 9.59 Å². The molecule has 2 N–H and O–H groups in total. The van der Waals surface area contributed by atoms with Gasteiger partial charge in [0.2, 0.25) is 17.8 Å². The first-order valence-electron chi connectivity index (χ1n) is 13.0. The molecule has 0 unspecified atom stereocenters. The van der Waals surface area contributed by atoms with Gasteiger partial charge in [-0.15, -0.1) is 0 Å². The normalized spacial score (nSPS) is 29.2. The molecule has 2 aromatic rings. The number of aromatic nitrogens is 2. The van der Waals surface area contributed by atoms with E-state index < -0.39 is 5.41 Å². The Bertz CT molecular complexity index is 1170. The number of rotatable bonds is 6. The molecule has 0 spiro atoms. The third kappa shape index (κ3) is 3.72. The largest absolute Gasteiger partial charge is 0.369 e. The number of hydrogen-bond donors (Lipinski definition) is 2. The molecule has 9 nitrogen and oxygen atoms in total. The molecule has 3 aliphatic carbocycles. The molecule has 5 aliphatic rings. The maximum absolute atomic E-state index is 13.9. The number of carbonyl (C=O) groups is 2. The summed E-state index contributed by atoms with van der Waals surface area (Å²) < 4.78 is 0. The van der Waals surface area contributed by atoms with Crippen LogP contribution in [0.15, 0.2) is 30.5 Å². The summed E-state index contributed by atoms with van der Waals surface area (Å²) in [6, 6.07) is 8.34. The lowest BCUT2D eigenvalue weighted by atomic mass is 9.48. The second kappa shape index (κ2) is 8.44. The van der Waals surface area contributed by atoms with Crippen LogP contribution in [-0.4, -0.2) is 72.0 Å². The molecule has 1 aromatic carbocycles. The molecule has 3 heterocycles. The zero-order valence-corrected chi connectivity index (χ0v) is 21.4. The van der Waals surface area contributed by atoms with Crippen molar-refractivity contribution in [1.82, 2.24) is 20.2 Å². The van der Waals surface area contributed by atoms with Gasteiger partial charge in [0, 0.05) is 55.9 Å². The summed E-state index contributed by atoms with van der Waals surface area (Å²) in [4.78, 5) is 42.6. The molecule has 5 fully saturated rings. The number of hydrogen-bond acceptors (Lipinski definition) is 7. The molecule has 0 radical (unpaired) electrons. The quantitative estimate of drug-likeness (QED) is 0.603. The molecule has 36 heavy (non-hydrogen) atoms. The first kappa shape index (κ1) is 23.2. The number of amides is 2. The minimum absolute atomic E-state index is 0.139. The summed E-state index contributed by atoms with van der Waals surface area (Å²) in [6.45, 7) is 8.43. The van der Waals surface area contributed by atoms with Crippen LogP contribution in [0.5, 0.6) is 0 Å². The second-order valence-electron chi connectivity index (χ2n) is 11.3. The van der Waals surface area contributed by atoms with Gasteiger partial charge in [-0.25, -0.2) is 4.98 Å². The molecule has 2 aliphatic heterocycles. The van der Waals surface area contributed by atoms with Crippen molar-refractivity contribution in [3.63, 3.8) is 0 Å². The molecule has 190 valence electrons. The Morgan fingerprint density at radius 1 is 1.14 bits per heavy atom. The second-order valence-corrected chi connectivity index (χ2v) is 11.3. The minimum Gasteiger partial charge on any atom is -0.369 e. The number of anilines is 4. The number of carbonyl (C=O) groups excluding carboxylic acids is 2. The van der Waals surface area contributed by atoms with Crippen LogP contribution in [0.2, 0.25) is 0 Å². The van der Waals surface area contributed by atoms with Crippen LogP contribution in [0.25, 0.3) is 0 Å². The molecular weight excluding hydrogens is 454 g/mol. The SMILES string of the molecule is Cc1cnc(Nc2ccc(N3CCN(C)CC3)cc2)nc1N(C(=O)[C@@]1(C)CCNC1=O)C12CC(C1)C2. The first-order chi connectivity index (χ1) is 17.3. The van der Waals surface area contributed by atoms with Gasteiger partial charge in [-0.2, -0.15) is 4.98 Å². The number of aryl methyl sites for hydroxylation is 1. The summed E-state index contributed by atoms with van der Waals surface area (Å²) in [7, 11) is 2.16. The van der Waals surface area contributed by atoms with Crippen LogP contribution < -0.4 is 20.4 Å². The van der Waals surface area contributed by atoms with Crippen molar-refractivity contribution in [3.05, 3.63) is 36.0 Å². The number of nitrogens with zero attached hydrogens (tertiary/aromatic N) is 5. The summed E-state index contributed by atoms with van der Waals surface area (Å²) in [5, 5.41) is 6.17. The monoisotopic (exact) mass is 489 g/mol. The van der Waals surface area contributed by atoms with Crippen LogP contribution in [-0.2, 0) is 9.59 Å². The average molecular weight is 490 g/mol. The Hall–Kier alpha value is -3.20. The third-order valence-corrected chi connectivity index (χ3v) is 8.72. The Kier molecular flexibility index (Phi) is 5.44. The van der Waals surface area contributed by atoms with Crippen LogP contribution in [0.4, 0.5) is 23.1 Å². The first-order valence-corrected chi connectivity index (χ1v) is 13.0. The van der Waals surface area contributed by atoms with Gasteiger partial charge < -0.3 is 20.4 Å². The Morgan fingerprint density at radius 2 is 1.83 bits per heavy atom. The van der Waals surface area contributed by atoms with Crippen LogP contribution >= 0.6 is 0 Å². The van der Waals surface area contributed by atoms with E-state index in [1.807, 2.05) is 24.0 Å². The molecule has 1 aromatic heterocycles. The van der Waals surface area contributed by atoms with Gasteiger partial charge in [-0.3, -0.25) is 14.5 Å². The fraction of sp³-hybridized carbons (Fsp3) is 0.556. The van der Waals surface area contributed by atoms with Gasteiger partial charge >= 0.3 is 0 Å². The highest BCUT2D eigenvalue weighted by Gasteiger charge is 2.64. The summed E-state index contributed by atoms with van der Waals surface area (Å²) >= 11 is 0. The van der Waals surface area contributed by atoms with Gasteiger partial charge in [0.15, 0.2) is 0 Å². The highest BCUT2D eigenvalue weighted by molar-refractivity contribution is 6.13. The molecule has 2 saturated heterocycles. The number of nitrogens with one attached hydrogen (secondary N) is 2. The highest BCUT2D eigenvalue weighted by Crippen LogP contribution is 2.62. The molecule has 7 rings (SSSR count). The number of benzene rings is 1. The fourth-order valence-electron chi connectivity index (χ4n) is 6.10. The van der Waals surface area contributed by atoms with Crippen molar-refractivity contribution in [2.75, 3.05) is 54.9 Å². The zero-order chi connectivity index (χ0) is 25.1. The van der Waals surface area contributed by atoms with Gasteiger partial charge in [-0.1, -0.05) is 0 Å². The Balaban J connectivity index is 1.25. The molecule has 1 atom stereocenters. The standard InChI is InChI=1S/C27H35N7O2/c1-18-17-29-25(30-20-4-6-21(7-5-20)33-12-10-32(3)11-13-33)31-22(18)34(27-14-19(15-27)16-27)24(36)26(2)8-9-28-23(26)35/h4-7,17,19H,8-16H2,1-3H3,(H,28,35)(H,29,30,31)/t19?,26-,27?/m0/s1. The van der Waals surface area contributed by atoms with Crippen molar-refractivity contribution >= 4 is 35.0 Å². The highest BCUT2D eigenvalue weighted by atomic mass is 16.2. The fourth-order valence-corrected chi connectivity index (χ4v) is 6.10. The third-order valence-electron chi connectivity index (χ3n) is 8.72. The maximum Gasteiger partial charge on any atom is 0.244 e. The van der Waals surface area contributed by atoms with Crippen molar-refractivity contribution in [2.24, 2.45) is 11.3 Å². The van der Waals surface area contributed by atoms with E-state index in [-0.39, 0.29) is 17.4 Å². The predicted molar refractivity (Wildman–Crippen MR) is 139 cm³/mol. The van der Waals surface area contributed by atoms with E-state index in [9.17, 15) is 9.59 Å². The van der Waals surface area contributed by atoms with E-state index in [4.69, 9.17) is 4.98 Å². The topological polar surface area (TPSA) is 93.7 Å². The van der Waals surface area contributed by atoms with E-state index in [0.29, 0.717) is 30.6 Å². The van der Waals surface area contributed by atoms with Crippen LogP contribution in [0, 0.1) is 18.3 Å². The molecule has 9 heteroatoms. The van der Waals surface area contributed by atoms with Crippen LogP contribution in [0.3, 0.4) is 0 Å². The van der Waals surface area contributed by atoms with Crippen LogP contribution in [0.1, 0.15) is 38.2 Å². The van der Waals surface area contributed by atoms with Crippen molar-refractivity contribution in [1.29, 1.82) is 0 Å². The number of piperazine rings is 1. The average Bonchev–Trinajstić information content (AvgIpc) is 3.16. The maximum atomic E-state index is 13.9. The Labute approximate surface area is 212 Å². The number of likely N-dealkylation sites (N-methyl/N-ethyl adjacent to an activating group) is 1. The van der Waals surface area contributed by atoms with Gasteiger partial charge in [-0.05, 0) is 76.8 Å².